The van der Waals surface area contributed by atoms with Crippen LogP contribution in [-0.2, 0) is 8.53 Å². The van der Waals surface area contributed by atoms with Gasteiger partial charge in [-0.1, -0.05) is 0 Å². The number of nitrogens with zero attached hydrogens (tertiary/aromatic N) is 1. The molecule has 0 aliphatic heterocycles. The zero-order valence-electron chi connectivity index (χ0n) is 20.6. The number of phenols is 1. The molecule has 13 nitrogen and oxygen atoms in total. The number of nitrogens with one attached hydrogen (secondary N) is 2. The minimum absolute atomic E-state index is 0.0822. The number of carbonyl (C=O) groups is 3. The molecule has 0 aromatic heterocycles. The molecular formula is C22H27AsI3N3O10. The second-order valence-electron chi connectivity index (χ2n) is 7.83. The zero-order chi connectivity index (χ0) is 30.1. The van der Waals surface area contributed by atoms with Crippen molar-refractivity contribution in [3.63, 3.8) is 0 Å². The average molecular weight is 949 g/mol. The minimum atomic E-state index is -5.15. The van der Waals surface area contributed by atoms with Gasteiger partial charge in [0.15, 0.2) is 0 Å². The van der Waals surface area contributed by atoms with E-state index < -0.39 is 42.9 Å². The number of rotatable bonds is 9. The van der Waals surface area contributed by atoms with Crippen molar-refractivity contribution in [1.29, 1.82) is 0 Å². The molecule has 39 heavy (non-hydrogen) atoms. The molecule has 0 bridgehead atoms. The Bertz CT molecular complexity index is 1260. The third kappa shape index (κ3) is 11.1. The van der Waals surface area contributed by atoms with Gasteiger partial charge in [-0.2, -0.15) is 0 Å². The number of halogens is 3. The Kier molecular flexibility index (Phi) is 15.2. The summed E-state index contributed by atoms with van der Waals surface area (Å²) in [7, 11) is 1.58. The number of phenolic OH excluding ortho intramolecular Hbond substituents is 1. The largest absolute Gasteiger partial charge is 0.395 e. The van der Waals surface area contributed by atoms with Gasteiger partial charge in [0.05, 0.1) is 30.4 Å². The zero-order valence-corrected chi connectivity index (χ0v) is 28.9. The maximum atomic E-state index is 12.6. The number of aliphatic hydroxyl groups is 3. The van der Waals surface area contributed by atoms with Gasteiger partial charge in [0.25, 0.3) is 11.8 Å². The van der Waals surface area contributed by atoms with Gasteiger partial charge in [0, 0.05) is 30.8 Å². The van der Waals surface area contributed by atoms with E-state index in [1.54, 1.807) is 13.1 Å². The van der Waals surface area contributed by atoms with Crippen molar-refractivity contribution in [2.24, 2.45) is 0 Å². The van der Waals surface area contributed by atoms with Crippen LogP contribution in [0.1, 0.15) is 27.6 Å². The average Bonchev–Trinajstić information content (AvgIpc) is 2.82. The van der Waals surface area contributed by atoms with E-state index in [0.29, 0.717) is 21.8 Å². The maximum absolute atomic E-state index is 12.6. The molecule has 17 heteroatoms. The maximum Gasteiger partial charge on any atom is 0.255 e. The Morgan fingerprint density at radius 3 is 2.15 bits per heavy atom. The quantitative estimate of drug-likeness (QED) is 0.0922. The van der Waals surface area contributed by atoms with Crippen LogP contribution in [0.2, 0.25) is 0 Å². The van der Waals surface area contributed by atoms with Crippen molar-refractivity contribution < 1.29 is 46.7 Å². The van der Waals surface area contributed by atoms with Crippen LogP contribution >= 0.6 is 67.8 Å². The van der Waals surface area contributed by atoms with Crippen LogP contribution in [0, 0.1) is 10.7 Å². The molecule has 0 saturated heterocycles. The van der Waals surface area contributed by atoms with Gasteiger partial charge in [-0.25, -0.2) is 0 Å². The summed E-state index contributed by atoms with van der Waals surface area (Å²) in [5, 5.41) is 41.3. The molecule has 0 aliphatic carbocycles. The Morgan fingerprint density at radius 1 is 1.05 bits per heavy atom. The fourth-order valence-electron chi connectivity index (χ4n) is 2.84. The van der Waals surface area contributed by atoms with Crippen LogP contribution in [0.15, 0.2) is 24.3 Å². The Labute approximate surface area is 267 Å². The first-order chi connectivity index (χ1) is 18.0. The van der Waals surface area contributed by atoms with Crippen LogP contribution in [-0.4, -0.2) is 105 Å². The number of aliphatic hydroxyl groups excluding tert-OH is 3. The van der Waals surface area contributed by atoms with Crippen LogP contribution in [0.3, 0.4) is 0 Å². The van der Waals surface area contributed by atoms with Crippen molar-refractivity contribution in [2.75, 3.05) is 38.7 Å². The van der Waals surface area contributed by atoms with E-state index in [0.717, 1.165) is 12.1 Å². The van der Waals surface area contributed by atoms with E-state index in [1.165, 1.54) is 17.9 Å². The van der Waals surface area contributed by atoms with E-state index in [1.807, 2.05) is 67.8 Å². The number of amides is 3. The van der Waals surface area contributed by atoms with E-state index in [-0.39, 0.29) is 37.2 Å². The predicted octanol–water partition coefficient (Wildman–Crippen LogP) is -0.441. The summed E-state index contributed by atoms with van der Waals surface area (Å²) in [5.74, 6) is -1.54. The number of carbonyl (C=O) groups excluding carboxylic acids is 3. The van der Waals surface area contributed by atoms with E-state index in [9.17, 15) is 28.3 Å². The molecule has 0 radical (unpaired) electrons. The monoisotopic (exact) mass is 949 g/mol. The Morgan fingerprint density at radius 2 is 1.64 bits per heavy atom. The number of hydrogen-bond donors (Lipinski definition) is 8. The summed E-state index contributed by atoms with van der Waals surface area (Å²) in [6.07, 6.45) is -1.04. The van der Waals surface area contributed by atoms with E-state index in [4.69, 9.17) is 18.4 Å². The first-order valence-corrected chi connectivity index (χ1v) is 17.4. The molecule has 216 valence electrons. The van der Waals surface area contributed by atoms with Crippen LogP contribution in [0.5, 0.6) is 5.75 Å². The van der Waals surface area contributed by atoms with Crippen LogP contribution in [0.25, 0.3) is 0 Å². The molecule has 3 amide bonds. The molecule has 1 unspecified atom stereocenters. The van der Waals surface area contributed by atoms with Gasteiger partial charge in [0.2, 0.25) is 0 Å². The number of benzene rings is 2. The molecule has 2 rings (SSSR count). The third-order valence-corrected chi connectivity index (χ3v) is 9.56. The van der Waals surface area contributed by atoms with Gasteiger partial charge in [-0.15, -0.1) is 0 Å². The van der Waals surface area contributed by atoms with Crippen molar-refractivity contribution in [3.8, 4) is 5.75 Å². The number of hydrogen-bond acceptors (Lipinski definition) is 8. The third-order valence-electron chi connectivity index (χ3n) is 4.71. The molecule has 2 aromatic carbocycles. The molecule has 1 atom stereocenters. The van der Waals surface area contributed by atoms with Gasteiger partial charge >= 0.3 is 88.1 Å². The molecule has 0 heterocycles. The van der Waals surface area contributed by atoms with Gasteiger partial charge in [-0.05, 0) is 73.8 Å². The second kappa shape index (κ2) is 16.4. The molecule has 0 spiro atoms. The molecule has 0 aliphatic rings. The van der Waals surface area contributed by atoms with Crippen molar-refractivity contribution in [3.05, 3.63) is 46.1 Å². The van der Waals surface area contributed by atoms with Crippen molar-refractivity contribution in [1.82, 2.24) is 10.2 Å². The summed E-state index contributed by atoms with van der Waals surface area (Å²) in [5.41, 5.74) is 0.989. The molecular weight excluding hydrogens is 922 g/mol. The molecule has 0 saturated carbocycles. The number of anilines is 1. The van der Waals surface area contributed by atoms with Gasteiger partial charge < -0.3 is 25.5 Å². The van der Waals surface area contributed by atoms with Gasteiger partial charge in [0.1, 0.15) is 0 Å². The standard InChI is InChI=1S/C14H17I3N2O5.C8H10AsNO5/c1-19(2-3-20)14(24)11-9(16)4-8(15)10(12(11)17)13(23)18-5-7(22)6-21;1-5(11)10-6-2-3-8(12)7(4-6)9(13,14)15/h4,7,20-22H,2-3,5-6H2,1H3,(H,18,23);2-4,12H,1H3,(H,10,11)(H2,13,14,15). The second-order valence-corrected chi connectivity index (χ2v) is 14.5. The van der Waals surface area contributed by atoms with Crippen LogP contribution in [0.4, 0.5) is 5.69 Å². The summed E-state index contributed by atoms with van der Waals surface area (Å²) in [6, 6.07) is 5.28. The number of likely N-dealkylation sites (N-methyl/N-ethyl adjacent to an activating group) is 1. The molecule has 0 fully saturated rings. The normalized spacial score (nSPS) is 11.6. The molecule has 8 N–H and O–H groups in total. The summed E-state index contributed by atoms with van der Waals surface area (Å²) in [6.45, 7) is 0.792. The summed E-state index contributed by atoms with van der Waals surface area (Å²) < 4.78 is 30.3. The Balaban J connectivity index is 0.000000434. The summed E-state index contributed by atoms with van der Waals surface area (Å²) in [4.78, 5) is 37.1. The SMILES string of the molecule is CC(=O)Nc1ccc(O)c([As](=O)(O)O)c1.CN(CCO)C(=O)c1c(I)cc(I)c(C(=O)NCC(O)CO)c1I. The topological polar surface area (TPSA) is 217 Å². The minimum Gasteiger partial charge on any atom is -0.395 e. The van der Waals surface area contributed by atoms with E-state index in [2.05, 4.69) is 10.6 Å². The first-order valence-electron chi connectivity index (χ1n) is 10.8. The van der Waals surface area contributed by atoms with Crippen molar-refractivity contribution >= 4 is 110 Å². The van der Waals surface area contributed by atoms with Crippen molar-refractivity contribution in [2.45, 2.75) is 13.0 Å². The first kappa shape index (κ1) is 36.0. The van der Waals surface area contributed by atoms with E-state index >= 15 is 0 Å². The Hall–Kier alpha value is -1.00. The fraction of sp³-hybridized carbons (Fsp3) is 0.318. The van der Waals surface area contributed by atoms with Gasteiger partial charge in [-0.3, -0.25) is 9.59 Å². The summed E-state index contributed by atoms with van der Waals surface area (Å²) >= 11 is 0.872. The fourth-order valence-corrected chi connectivity index (χ4v) is 8.59. The molecule has 2 aromatic rings. The smallest absolute Gasteiger partial charge is 0.255 e. The van der Waals surface area contributed by atoms with Crippen LogP contribution < -0.4 is 15.0 Å². The number of aromatic hydroxyl groups is 1. The predicted molar refractivity (Wildman–Crippen MR) is 167 cm³/mol.